The highest BCUT2D eigenvalue weighted by atomic mass is 16.5. The first-order valence-corrected chi connectivity index (χ1v) is 8.03. The maximum Gasteiger partial charge on any atom is 0.223 e. The number of ether oxygens (including phenoxy) is 2. The van der Waals surface area contributed by atoms with Gasteiger partial charge in [-0.25, -0.2) is 0 Å². The standard InChI is InChI=1S/C17H22N4O3/c1-20-12-18-19-17(20)15-11-21(9-10-24-15)16(22)8-5-13-3-6-14(23-2)7-4-13/h3-4,6-7,12,15H,5,8-11H2,1-2H3. The van der Waals surface area contributed by atoms with Gasteiger partial charge < -0.3 is 18.9 Å². The lowest BCUT2D eigenvalue weighted by molar-refractivity contribution is -0.139. The lowest BCUT2D eigenvalue weighted by atomic mass is 10.1. The molecular formula is C17H22N4O3. The van der Waals surface area contributed by atoms with Crippen LogP contribution in [0.25, 0.3) is 0 Å². The van der Waals surface area contributed by atoms with Crippen LogP contribution in [0.2, 0.25) is 0 Å². The number of carbonyl (C=O) groups excluding carboxylic acids is 1. The number of morpholine rings is 1. The van der Waals surface area contributed by atoms with Crippen LogP contribution in [0, 0.1) is 0 Å². The van der Waals surface area contributed by atoms with Gasteiger partial charge in [0.2, 0.25) is 5.91 Å². The highest BCUT2D eigenvalue weighted by Crippen LogP contribution is 2.21. The smallest absolute Gasteiger partial charge is 0.223 e. The molecule has 128 valence electrons. The van der Waals surface area contributed by atoms with Crippen molar-refractivity contribution in [3.8, 4) is 5.75 Å². The van der Waals surface area contributed by atoms with Crippen LogP contribution in [0.3, 0.4) is 0 Å². The number of methoxy groups -OCH3 is 1. The van der Waals surface area contributed by atoms with E-state index < -0.39 is 0 Å². The third kappa shape index (κ3) is 3.73. The second kappa shape index (κ2) is 7.44. The van der Waals surface area contributed by atoms with Crippen LogP contribution in [0.15, 0.2) is 30.6 Å². The Morgan fingerprint density at radius 3 is 2.83 bits per heavy atom. The Hall–Kier alpha value is -2.41. The fourth-order valence-electron chi connectivity index (χ4n) is 2.82. The number of benzene rings is 1. The number of hydrogen-bond acceptors (Lipinski definition) is 5. The Labute approximate surface area is 141 Å². The van der Waals surface area contributed by atoms with Gasteiger partial charge in [0.15, 0.2) is 5.82 Å². The molecule has 1 aliphatic heterocycles. The summed E-state index contributed by atoms with van der Waals surface area (Å²) in [5.74, 6) is 1.72. The molecule has 1 fully saturated rings. The summed E-state index contributed by atoms with van der Waals surface area (Å²) in [6.45, 7) is 1.66. The predicted molar refractivity (Wildman–Crippen MR) is 87.6 cm³/mol. The summed E-state index contributed by atoms with van der Waals surface area (Å²) in [6, 6.07) is 7.82. The van der Waals surface area contributed by atoms with E-state index in [9.17, 15) is 4.79 Å². The van der Waals surface area contributed by atoms with Crippen LogP contribution >= 0.6 is 0 Å². The first-order valence-electron chi connectivity index (χ1n) is 8.03. The molecule has 0 bridgehead atoms. The number of aryl methyl sites for hydroxylation is 2. The van der Waals surface area contributed by atoms with Gasteiger partial charge in [0.25, 0.3) is 0 Å². The molecule has 0 N–H and O–H groups in total. The van der Waals surface area contributed by atoms with Gasteiger partial charge in [0.1, 0.15) is 18.2 Å². The Morgan fingerprint density at radius 2 is 2.17 bits per heavy atom. The average Bonchev–Trinajstić information content (AvgIpc) is 3.06. The molecule has 7 nitrogen and oxygen atoms in total. The van der Waals surface area contributed by atoms with Crippen molar-refractivity contribution in [3.05, 3.63) is 42.0 Å². The summed E-state index contributed by atoms with van der Waals surface area (Å²) in [4.78, 5) is 14.4. The number of rotatable bonds is 5. The third-order valence-corrected chi connectivity index (χ3v) is 4.24. The number of amides is 1. The van der Waals surface area contributed by atoms with Crippen LogP contribution in [-0.4, -0.2) is 52.4 Å². The van der Waals surface area contributed by atoms with Crippen molar-refractivity contribution in [2.75, 3.05) is 26.8 Å². The summed E-state index contributed by atoms with van der Waals surface area (Å²) in [5.41, 5.74) is 1.13. The molecule has 1 amide bonds. The first-order chi connectivity index (χ1) is 11.7. The fourth-order valence-corrected chi connectivity index (χ4v) is 2.82. The zero-order chi connectivity index (χ0) is 16.9. The van der Waals surface area contributed by atoms with Gasteiger partial charge in [0, 0.05) is 20.0 Å². The van der Waals surface area contributed by atoms with E-state index in [0.717, 1.165) is 23.6 Å². The van der Waals surface area contributed by atoms with E-state index in [1.54, 1.807) is 13.4 Å². The highest BCUT2D eigenvalue weighted by Gasteiger charge is 2.27. The van der Waals surface area contributed by atoms with Crippen molar-refractivity contribution in [1.29, 1.82) is 0 Å². The van der Waals surface area contributed by atoms with Crippen LogP contribution in [0.5, 0.6) is 5.75 Å². The molecule has 2 aromatic rings. The van der Waals surface area contributed by atoms with Gasteiger partial charge in [-0.2, -0.15) is 0 Å². The summed E-state index contributed by atoms with van der Waals surface area (Å²) in [7, 11) is 3.52. The Balaban J connectivity index is 1.55. The van der Waals surface area contributed by atoms with E-state index in [4.69, 9.17) is 9.47 Å². The molecule has 3 rings (SSSR count). The molecule has 1 unspecified atom stereocenters. The number of aromatic nitrogens is 3. The second-order valence-corrected chi connectivity index (χ2v) is 5.85. The van der Waals surface area contributed by atoms with E-state index >= 15 is 0 Å². The molecule has 1 aromatic carbocycles. The highest BCUT2D eigenvalue weighted by molar-refractivity contribution is 5.76. The minimum Gasteiger partial charge on any atom is -0.497 e. The van der Waals surface area contributed by atoms with Gasteiger partial charge >= 0.3 is 0 Å². The lowest BCUT2D eigenvalue weighted by Gasteiger charge is -2.32. The van der Waals surface area contributed by atoms with Crippen LogP contribution in [0.4, 0.5) is 0 Å². The van der Waals surface area contributed by atoms with Crippen molar-refractivity contribution >= 4 is 5.91 Å². The van der Waals surface area contributed by atoms with Crippen LogP contribution in [0.1, 0.15) is 23.9 Å². The fraction of sp³-hybridized carbons (Fsp3) is 0.471. The van der Waals surface area contributed by atoms with Gasteiger partial charge in [-0.05, 0) is 24.1 Å². The SMILES string of the molecule is COc1ccc(CCC(=O)N2CCOC(c3nncn3C)C2)cc1. The maximum absolute atomic E-state index is 12.5. The van der Waals surface area contributed by atoms with Crippen molar-refractivity contribution in [2.45, 2.75) is 18.9 Å². The van der Waals surface area contributed by atoms with E-state index in [1.807, 2.05) is 40.8 Å². The molecule has 1 atom stereocenters. The quantitative estimate of drug-likeness (QED) is 0.828. The molecule has 24 heavy (non-hydrogen) atoms. The van der Waals surface area contributed by atoms with Gasteiger partial charge in [0.05, 0.1) is 20.3 Å². The molecule has 2 heterocycles. The number of hydrogen-bond donors (Lipinski definition) is 0. The predicted octanol–water partition coefficient (Wildman–Crippen LogP) is 1.36. The largest absolute Gasteiger partial charge is 0.497 e. The average molecular weight is 330 g/mol. The molecule has 1 saturated heterocycles. The number of nitrogens with zero attached hydrogens (tertiary/aromatic N) is 4. The van der Waals surface area contributed by atoms with E-state index in [0.29, 0.717) is 26.1 Å². The summed E-state index contributed by atoms with van der Waals surface area (Å²) >= 11 is 0. The lowest BCUT2D eigenvalue weighted by Crippen LogP contribution is -2.42. The number of carbonyl (C=O) groups is 1. The Kier molecular flexibility index (Phi) is 5.10. The normalized spacial score (nSPS) is 17.8. The van der Waals surface area contributed by atoms with Crippen LogP contribution in [-0.2, 0) is 23.0 Å². The molecule has 0 aliphatic carbocycles. The molecule has 0 saturated carbocycles. The van der Waals surface area contributed by atoms with E-state index in [1.165, 1.54) is 0 Å². The Morgan fingerprint density at radius 1 is 1.38 bits per heavy atom. The van der Waals surface area contributed by atoms with Crippen LogP contribution < -0.4 is 4.74 Å². The van der Waals surface area contributed by atoms with Crippen molar-refractivity contribution in [1.82, 2.24) is 19.7 Å². The second-order valence-electron chi connectivity index (χ2n) is 5.85. The van der Waals surface area contributed by atoms with Crippen molar-refractivity contribution in [2.24, 2.45) is 7.05 Å². The molecule has 7 heteroatoms. The van der Waals surface area contributed by atoms with Crippen molar-refractivity contribution < 1.29 is 14.3 Å². The molecule has 0 spiro atoms. The molecule has 0 radical (unpaired) electrons. The topological polar surface area (TPSA) is 69.5 Å². The van der Waals surface area contributed by atoms with E-state index in [-0.39, 0.29) is 12.0 Å². The zero-order valence-corrected chi connectivity index (χ0v) is 14.0. The van der Waals surface area contributed by atoms with Gasteiger partial charge in [-0.3, -0.25) is 4.79 Å². The summed E-state index contributed by atoms with van der Waals surface area (Å²) < 4.78 is 12.7. The van der Waals surface area contributed by atoms with Gasteiger partial charge in [-0.1, -0.05) is 12.1 Å². The molecular weight excluding hydrogens is 308 g/mol. The van der Waals surface area contributed by atoms with E-state index in [2.05, 4.69) is 10.2 Å². The first kappa shape index (κ1) is 16.4. The Bertz CT molecular complexity index is 683. The summed E-state index contributed by atoms with van der Waals surface area (Å²) in [5, 5.41) is 7.96. The molecule has 1 aliphatic rings. The third-order valence-electron chi connectivity index (χ3n) is 4.24. The minimum atomic E-state index is -0.212. The summed E-state index contributed by atoms with van der Waals surface area (Å²) in [6.07, 6.45) is 2.63. The monoisotopic (exact) mass is 330 g/mol. The molecule has 1 aromatic heterocycles. The zero-order valence-electron chi connectivity index (χ0n) is 14.0. The maximum atomic E-state index is 12.5. The van der Waals surface area contributed by atoms with Crippen molar-refractivity contribution in [3.63, 3.8) is 0 Å². The van der Waals surface area contributed by atoms with Gasteiger partial charge in [-0.15, -0.1) is 10.2 Å². The minimum absolute atomic E-state index is 0.140.